The Morgan fingerprint density at radius 2 is 2.24 bits per heavy atom. The summed E-state index contributed by atoms with van der Waals surface area (Å²) in [5, 5.41) is 22.4. The molecule has 7 heteroatoms. The van der Waals surface area contributed by atoms with Crippen LogP contribution in [0.2, 0.25) is 0 Å². The zero-order valence-electron chi connectivity index (χ0n) is 11.8. The van der Waals surface area contributed by atoms with Crippen LogP contribution in [0, 0.1) is 0 Å². The van der Waals surface area contributed by atoms with Crippen molar-refractivity contribution in [3.63, 3.8) is 0 Å². The summed E-state index contributed by atoms with van der Waals surface area (Å²) >= 11 is 0. The topological polar surface area (TPSA) is 108 Å². The first-order chi connectivity index (χ1) is 10.1. The zero-order chi connectivity index (χ0) is 15.7. The van der Waals surface area contributed by atoms with Crippen molar-refractivity contribution in [1.82, 2.24) is 0 Å². The minimum Gasteiger partial charge on any atom is -0.497 e. The number of methoxy groups -OCH3 is 1. The molecule has 0 radical (unpaired) electrons. The molecule has 0 aliphatic rings. The Morgan fingerprint density at radius 3 is 2.86 bits per heavy atom. The van der Waals surface area contributed by atoms with Gasteiger partial charge in [-0.25, -0.2) is 0 Å². The Morgan fingerprint density at radius 1 is 1.48 bits per heavy atom. The molecule has 21 heavy (non-hydrogen) atoms. The summed E-state index contributed by atoms with van der Waals surface area (Å²) in [4.78, 5) is 2.76. The smallest absolute Gasteiger partial charge is 0.119 e. The molecular weight excluding hydrogens is 274 g/mol. The maximum atomic E-state index is 9.54. The average Bonchev–Trinajstić information content (AvgIpc) is 2.51. The van der Waals surface area contributed by atoms with Gasteiger partial charge in [0.25, 0.3) is 0 Å². The van der Waals surface area contributed by atoms with E-state index in [-0.39, 0.29) is 19.6 Å². The predicted octanol–water partition coefficient (Wildman–Crippen LogP) is 2.45. The summed E-state index contributed by atoms with van der Waals surface area (Å²) in [6, 6.07) is 5.11. The van der Waals surface area contributed by atoms with Gasteiger partial charge < -0.3 is 19.7 Å². The second kappa shape index (κ2) is 8.99. The zero-order valence-corrected chi connectivity index (χ0v) is 11.8. The molecule has 1 rings (SSSR count). The van der Waals surface area contributed by atoms with E-state index in [1.165, 1.54) is 13.2 Å². The Bertz CT molecular complexity index is 515. The highest BCUT2D eigenvalue weighted by atomic mass is 16.5. The minimum absolute atomic E-state index is 0.231. The minimum atomic E-state index is -0.965. The maximum absolute atomic E-state index is 9.54. The van der Waals surface area contributed by atoms with Crippen molar-refractivity contribution >= 4 is 5.69 Å². The van der Waals surface area contributed by atoms with E-state index in [1.807, 2.05) is 0 Å². The van der Waals surface area contributed by atoms with Gasteiger partial charge >= 0.3 is 0 Å². The van der Waals surface area contributed by atoms with Crippen molar-refractivity contribution in [2.45, 2.75) is 25.2 Å². The average molecular weight is 293 g/mol. The Hall–Kier alpha value is -2.05. The largest absolute Gasteiger partial charge is 0.497 e. The van der Waals surface area contributed by atoms with Crippen molar-refractivity contribution in [1.29, 1.82) is 0 Å². The fraction of sp³-hybridized carbons (Fsp3) is 0.429. The fourth-order valence-electron chi connectivity index (χ4n) is 1.65. The molecule has 2 unspecified atom stereocenters. The third-order valence-corrected chi connectivity index (χ3v) is 2.90. The quantitative estimate of drug-likeness (QED) is 0.240. The van der Waals surface area contributed by atoms with Crippen LogP contribution in [0.4, 0.5) is 5.69 Å². The first kappa shape index (κ1) is 17.0. The van der Waals surface area contributed by atoms with Crippen LogP contribution in [0.15, 0.2) is 36.0 Å². The molecule has 0 aliphatic heterocycles. The van der Waals surface area contributed by atoms with Gasteiger partial charge in [0.05, 0.1) is 25.9 Å². The molecule has 0 spiro atoms. The molecule has 114 valence electrons. The number of hydrogen-bond acceptors (Lipinski definition) is 5. The van der Waals surface area contributed by atoms with Gasteiger partial charge in [0.1, 0.15) is 5.75 Å². The number of benzene rings is 1. The van der Waals surface area contributed by atoms with Crippen LogP contribution in [-0.4, -0.2) is 36.1 Å². The summed E-state index contributed by atoms with van der Waals surface area (Å²) in [5.74, 6) is 0.589. The van der Waals surface area contributed by atoms with Crippen LogP contribution in [0.1, 0.15) is 12.0 Å². The molecule has 0 saturated carbocycles. The lowest BCUT2D eigenvalue weighted by Gasteiger charge is -2.14. The number of hydrogen-bond donors (Lipinski definition) is 2. The van der Waals surface area contributed by atoms with E-state index < -0.39 is 12.2 Å². The Labute approximate surface area is 123 Å². The highest BCUT2D eigenvalue weighted by molar-refractivity contribution is 5.50. The van der Waals surface area contributed by atoms with Crippen molar-refractivity contribution in [2.24, 2.45) is 5.11 Å². The second-order valence-electron chi connectivity index (χ2n) is 4.32. The SMILES string of the molecule is C=CC(O)C(O)CCOCc1ccc(OC)cc1N=[N+]=[N-]. The molecule has 1 aromatic rings. The summed E-state index contributed by atoms with van der Waals surface area (Å²) in [6.07, 6.45) is -0.322. The fourth-order valence-corrected chi connectivity index (χ4v) is 1.65. The lowest BCUT2D eigenvalue weighted by Crippen LogP contribution is -2.24. The molecule has 0 aromatic heterocycles. The van der Waals surface area contributed by atoms with E-state index in [0.717, 1.165) is 0 Å². The molecule has 0 bridgehead atoms. The number of rotatable bonds is 9. The molecule has 2 N–H and O–H groups in total. The van der Waals surface area contributed by atoms with Crippen molar-refractivity contribution in [3.8, 4) is 5.75 Å². The van der Waals surface area contributed by atoms with Gasteiger partial charge in [0.15, 0.2) is 0 Å². The van der Waals surface area contributed by atoms with Crippen LogP contribution in [0.5, 0.6) is 5.75 Å². The first-order valence-electron chi connectivity index (χ1n) is 6.40. The predicted molar refractivity (Wildman–Crippen MR) is 78.3 cm³/mol. The standard InChI is InChI=1S/C14H19N3O4/c1-3-13(18)14(19)6-7-21-9-10-4-5-11(20-2)8-12(10)16-17-15/h3-5,8,13-14,18-19H,1,6-7,9H2,2H3. The lowest BCUT2D eigenvalue weighted by atomic mass is 10.1. The van der Waals surface area contributed by atoms with Crippen LogP contribution in [0.25, 0.3) is 10.4 Å². The van der Waals surface area contributed by atoms with E-state index in [4.69, 9.17) is 15.0 Å². The first-order valence-corrected chi connectivity index (χ1v) is 6.40. The van der Waals surface area contributed by atoms with Crippen molar-refractivity contribution in [3.05, 3.63) is 46.9 Å². The molecule has 2 atom stereocenters. The van der Waals surface area contributed by atoms with Gasteiger partial charge in [-0.2, -0.15) is 0 Å². The molecule has 7 nitrogen and oxygen atoms in total. The van der Waals surface area contributed by atoms with Gasteiger partial charge in [-0.15, -0.1) is 6.58 Å². The summed E-state index contributed by atoms with van der Waals surface area (Å²) in [6.45, 7) is 3.89. The molecule has 1 aromatic carbocycles. The van der Waals surface area contributed by atoms with E-state index in [1.54, 1.807) is 18.2 Å². The number of ether oxygens (including phenoxy) is 2. The van der Waals surface area contributed by atoms with Crippen molar-refractivity contribution < 1.29 is 19.7 Å². The van der Waals surface area contributed by atoms with Gasteiger partial charge in [0, 0.05) is 17.2 Å². The summed E-state index contributed by atoms with van der Waals surface area (Å²) in [7, 11) is 1.53. The third kappa shape index (κ3) is 5.45. The van der Waals surface area contributed by atoms with E-state index in [9.17, 15) is 10.2 Å². The maximum Gasteiger partial charge on any atom is 0.119 e. The van der Waals surface area contributed by atoms with E-state index >= 15 is 0 Å². The Kier molecular flexibility index (Phi) is 7.28. The van der Waals surface area contributed by atoms with E-state index in [2.05, 4.69) is 16.6 Å². The van der Waals surface area contributed by atoms with Crippen LogP contribution >= 0.6 is 0 Å². The monoisotopic (exact) mass is 293 g/mol. The molecule has 0 fully saturated rings. The van der Waals surface area contributed by atoms with Gasteiger partial charge in [-0.1, -0.05) is 17.3 Å². The van der Waals surface area contributed by atoms with Gasteiger partial charge in [0.2, 0.25) is 0 Å². The lowest BCUT2D eigenvalue weighted by molar-refractivity contribution is 0.0148. The molecule has 0 amide bonds. The van der Waals surface area contributed by atoms with Gasteiger partial charge in [-0.05, 0) is 29.6 Å². The number of nitrogens with zero attached hydrogens (tertiary/aromatic N) is 3. The normalized spacial score (nSPS) is 13.1. The number of aliphatic hydroxyl groups excluding tert-OH is 2. The molecule has 0 heterocycles. The highest BCUT2D eigenvalue weighted by Crippen LogP contribution is 2.26. The van der Waals surface area contributed by atoms with Gasteiger partial charge in [-0.3, -0.25) is 0 Å². The summed E-state index contributed by atoms with van der Waals surface area (Å²) < 4.78 is 10.5. The Balaban J connectivity index is 2.55. The number of azide groups is 1. The molecule has 0 saturated heterocycles. The van der Waals surface area contributed by atoms with Crippen LogP contribution < -0.4 is 4.74 Å². The van der Waals surface area contributed by atoms with Crippen LogP contribution in [0.3, 0.4) is 0 Å². The third-order valence-electron chi connectivity index (χ3n) is 2.90. The van der Waals surface area contributed by atoms with E-state index in [0.29, 0.717) is 17.0 Å². The van der Waals surface area contributed by atoms with Crippen LogP contribution in [-0.2, 0) is 11.3 Å². The number of aliphatic hydroxyl groups is 2. The van der Waals surface area contributed by atoms with Crippen molar-refractivity contribution in [2.75, 3.05) is 13.7 Å². The second-order valence-corrected chi connectivity index (χ2v) is 4.32. The summed E-state index contributed by atoms with van der Waals surface area (Å²) in [5.41, 5.74) is 9.70. The highest BCUT2D eigenvalue weighted by Gasteiger charge is 2.12. The molecule has 0 aliphatic carbocycles. The molecular formula is C14H19N3O4.